The molecule has 1 rings (SSSR count). The Morgan fingerprint density at radius 3 is 2.38 bits per heavy atom. The first-order valence-corrected chi connectivity index (χ1v) is 6.08. The number of hydrogen-bond donors (Lipinski definition) is 0. The van der Waals surface area contributed by atoms with Gasteiger partial charge in [-0.15, -0.1) is 0 Å². The highest BCUT2D eigenvalue weighted by atomic mass is 32.2. The third-order valence-corrected chi connectivity index (χ3v) is 3.29. The molecule has 0 aromatic rings. The first-order chi connectivity index (χ1) is 7.04. The Hall–Kier alpha value is -0.340. The Balaban J connectivity index is 2.69. The molecule has 1 fully saturated rings. The van der Waals surface area contributed by atoms with Crippen LogP contribution >= 0.6 is 0 Å². The Bertz CT molecular complexity index is 347. The summed E-state index contributed by atoms with van der Waals surface area (Å²) in [4.78, 5) is 0. The van der Waals surface area contributed by atoms with Crippen LogP contribution in [-0.4, -0.2) is 32.2 Å². The van der Waals surface area contributed by atoms with Crippen LogP contribution < -0.4 is 0 Å². The summed E-state index contributed by atoms with van der Waals surface area (Å²) in [6.45, 7) is 3.52. The molecule has 8 heteroatoms. The Morgan fingerprint density at radius 2 is 1.94 bits per heavy atom. The molecule has 1 atom stereocenters. The largest absolute Gasteiger partial charge is 0.523 e. The lowest BCUT2D eigenvalue weighted by Crippen LogP contribution is -2.40. The quantitative estimate of drug-likeness (QED) is 0.562. The van der Waals surface area contributed by atoms with Gasteiger partial charge in [-0.2, -0.15) is 21.6 Å². The summed E-state index contributed by atoms with van der Waals surface area (Å²) in [6, 6.07) is 0. The summed E-state index contributed by atoms with van der Waals surface area (Å²) in [6.07, 6.45) is -0.725. The minimum Gasteiger partial charge on any atom is -0.375 e. The van der Waals surface area contributed by atoms with Crippen molar-refractivity contribution in [2.24, 2.45) is 0 Å². The van der Waals surface area contributed by atoms with Crippen LogP contribution in [0.5, 0.6) is 0 Å². The van der Waals surface area contributed by atoms with Gasteiger partial charge in [-0.25, -0.2) is 0 Å². The van der Waals surface area contributed by atoms with E-state index in [1.54, 1.807) is 13.8 Å². The molecule has 1 aliphatic heterocycles. The smallest absolute Gasteiger partial charge is 0.375 e. The summed E-state index contributed by atoms with van der Waals surface area (Å²) in [7, 11) is -5.50. The molecule has 0 bridgehead atoms. The molecule has 0 aromatic heterocycles. The second-order valence-electron chi connectivity index (χ2n) is 4.22. The van der Waals surface area contributed by atoms with Crippen LogP contribution in [0.15, 0.2) is 0 Å². The second-order valence-corrected chi connectivity index (χ2v) is 5.78. The SMILES string of the molecule is CC1(C)CC(OS(=O)(=O)C(F)(F)F)CCO1. The second kappa shape index (κ2) is 4.15. The van der Waals surface area contributed by atoms with Gasteiger partial charge in [-0.1, -0.05) is 0 Å². The van der Waals surface area contributed by atoms with Gasteiger partial charge in [-0.3, -0.25) is 4.18 Å². The lowest BCUT2D eigenvalue weighted by atomic mass is 9.96. The molecule has 0 amide bonds. The van der Waals surface area contributed by atoms with Gasteiger partial charge in [-0.05, 0) is 20.3 Å². The zero-order chi connectivity index (χ0) is 12.6. The van der Waals surface area contributed by atoms with Crippen molar-refractivity contribution in [3.8, 4) is 0 Å². The first kappa shape index (κ1) is 13.7. The fourth-order valence-electron chi connectivity index (χ4n) is 1.49. The molecule has 4 nitrogen and oxygen atoms in total. The van der Waals surface area contributed by atoms with E-state index in [1.165, 1.54) is 0 Å². The predicted molar refractivity (Wildman–Crippen MR) is 49.1 cm³/mol. The average molecular weight is 262 g/mol. The minimum absolute atomic E-state index is 0.113. The maximum absolute atomic E-state index is 12.0. The van der Waals surface area contributed by atoms with Crippen LogP contribution in [0, 0.1) is 0 Å². The van der Waals surface area contributed by atoms with Gasteiger partial charge in [0.25, 0.3) is 0 Å². The predicted octanol–water partition coefficient (Wildman–Crippen LogP) is 1.81. The van der Waals surface area contributed by atoms with Crippen LogP contribution in [-0.2, 0) is 19.0 Å². The summed E-state index contributed by atoms with van der Waals surface area (Å²) in [5.74, 6) is 0. The highest BCUT2D eigenvalue weighted by molar-refractivity contribution is 7.87. The third kappa shape index (κ3) is 3.33. The van der Waals surface area contributed by atoms with E-state index in [9.17, 15) is 21.6 Å². The van der Waals surface area contributed by atoms with Crippen LogP contribution in [0.2, 0.25) is 0 Å². The van der Waals surface area contributed by atoms with Crippen molar-refractivity contribution in [3.63, 3.8) is 0 Å². The average Bonchev–Trinajstić information content (AvgIpc) is 1.98. The van der Waals surface area contributed by atoms with Gasteiger partial charge in [0, 0.05) is 13.0 Å². The van der Waals surface area contributed by atoms with Gasteiger partial charge < -0.3 is 4.74 Å². The molecule has 96 valence electrons. The zero-order valence-electron chi connectivity index (χ0n) is 8.87. The van der Waals surface area contributed by atoms with Crippen LogP contribution in [0.1, 0.15) is 26.7 Å². The highest BCUT2D eigenvalue weighted by Gasteiger charge is 2.49. The lowest BCUT2D eigenvalue weighted by molar-refractivity contribution is -0.0992. The molecule has 1 heterocycles. The molecule has 1 saturated heterocycles. The summed E-state index contributed by atoms with van der Waals surface area (Å²) in [5.41, 5.74) is -6.03. The Morgan fingerprint density at radius 1 is 1.38 bits per heavy atom. The van der Waals surface area contributed by atoms with E-state index in [2.05, 4.69) is 4.18 Å². The third-order valence-electron chi connectivity index (χ3n) is 2.20. The van der Waals surface area contributed by atoms with E-state index >= 15 is 0 Å². The monoisotopic (exact) mass is 262 g/mol. The normalized spacial score (nSPS) is 26.7. The molecule has 16 heavy (non-hydrogen) atoms. The van der Waals surface area contributed by atoms with Gasteiger partial charge in [0.15, 0.2) is 0 Å². The molecule has 1 unspecified atom stereocenters. The topological polar surface area (TPSA) is 52.6 Å². The van der Waals surface area contributed by atoms with E-state index in [-0.39, 0.29) is 19.4 Å². The maximum Gasteiger partial charge on any atom is 0.523 e. The lowest BCUT2D eigenvalue weighted by Gasteiger charge is -2.34. The minimum atomic E-state index is -5.50. The number of hydrogen-bond acceptors (Lipinski definition) is 4. The molecule has 0 N–H and O–H groups in total. The fourth-order valence-corrected chi connectivity index (χ4v) is 2.12. The number of halogens is 3. The van der Waals surface area contributed by atoms with E-state index < -0.39 is 27.3 Å². The standard InChI is InChI=1S/C8H13F3O4S/c1-7(2)5-6(3-4-14-7)15-16(12,13)8(9,10)11/h6H,3-5H2,1-2H3. The molecule has 0 saturated carbocycles. The van der Waals surface area contributed by atoms with Crippen molar-refractivity contribution in [3.05, 3.63) is 0 Å². The first-order valence-electron chi connectivity index (χ1n) is 4.67. The molecule has 0 aliphatic carbocycles. The van der Waals surface area contributed by atoms with Crippen molar-refractivity contribution in [2.75, 3.05) is 6.61 Å². The van der Waals surface area contributed by atoms with Crippen LogP contribution in [0.4, 0.5) is 13.2 Å². The van der Waals surface area contributed by atoms with Crippen molar-refractivity contribution in [1.29, 1.82) is 0 Å². The zero-order valence-corrected chi connectivity index (χ0v) is 9.69. The van der Waals surface area contributed by atoms with Gasteiger partial charge >= 0.3 is 15.6 Å². The van der Waals surface area contributed by atoms with Crippen LogP contribution in [0.3, 0.4) is 0 Å². The van der Waals surface area contributed by atoms with Gasteiger partial charge in [0.05, 0.1) is 11.7 Å². The summed E-state index contributed by atoms with van der Waals surface area (Å²) in [5, 5.41) is 0. The Labute approximate surface area is 91.8 Å². The molecular formula is C8H13F3O4S. The molecule has 1 aliphatic rings. The van der Waals surface area contributed by atoms with E-state index in [0.717, 1.165) is 0 Å². The summed E-state index contributed by atoms with van der Waals surface area (Å²) >= 11 is 0. The number of rotatable bonds is 2. The van der Waals surface area contributed by atoms with Gasteiger partial charge in [0.2, 0.25) is 0 Å². The summed E-state index contributed by atoms with van der Waals surface area (Å²) < 4.78 is 67.0. The maximum atomic E-state index is 12.0. The Kier molecular flexibility index (Phi) is 3.56. The molecule has 0 radical (unpaired) electrons. The van der Waals surface area contributed by atoms with Crippen molar-refractivity contribution < 1.29 is 30.5 Å². The fraction of sp³-hybridized carbons (Fsp3) is 1.00. The number of ether oxygens (including phenoxy) is 1. The van der Waals surface area contributed by atoms with Crippen molar-refractivity contribution in [1.82, 2.24) is 0 Å². The molecule has 0 aromatic carbocycles. The number of alkyl halides is 3. The van der Waals surface area contributed by atoms with Gasteiger partial charge in [0.1, 0.15) is 0 Å². The van der Waals surface area contributed by atoms with E-state index in [4.69, 9.17) is 4.74 Å². The van der Waals surface area contributed by atoms with Crippen LogP contribution in [0.25, 0.3) is 0 Å². The van der Waals surface area contributed by atoms with Crippen molar-refractivity contribution in [2.45, 2.75) is 43.9 Å². The van der Waals surface area contributed by atoms with Crippen molar-refractivity contribution >= 4 is 10.1 Å². The highest BCUT2D eigenvalue weighted by Crippen LogP contribution is 2.31. The van der Waals surface area contributed by atoms with E-state index in [0.29, 0.717) is 0 Å². The van der Waals surface area contributed by atoms with E-state index in [1.807, 2.05) is 0 Å². The molecule has 0 spiro atoms. The molecular weight excluding hydrogens is 249 g/mol.